The van der Waals surface area contributed by atoms with Gasteiger partial charge in [0.2, 0.25) is 0 Å². The molecule has 0 amide bonds. The van der Waals surface area contributed by atoms with Gasteiger partial charge in [0.15, 0.2) is 0 Å². The average molecular weight is 450 g/mol. The molecule has 0 bridgehead atoms. The van der Waals surface area contributed by atoms with Crippen LogP contribution in [0.15, 0.2) is 42.5 Å². The van der Waals surface area contributed by atoms with Crippen LogP contribution in [0, 0.1) is 5.41 Å². The molecule has 164 valence electrons. The fourth-order valence-electron chi connectivity index (χ4n) is 5.50. The molecule has 4 rings (SSSR count). The number of benzene rings is 2. The van der Waals surface area contributed by atoms with E-state index in [1.807, 2.05) is 12.1 Å². The molecule has 0 radical (unpaired) electrons. The Morgan fingerprint density at radius 3 is 2.57 bits per heavy atom. The number of rotatable bonds is 5. The molecule has 0 unspecified atom stereocenters. The summed E-state index contributed by atoms with van der Waals surface area (Å²) in [4.78, 5) is 2.57. The summed E-state index contributed by atoms with van der Waals surface area (Å²) in [6.07, 6.45) is 2.14. The zero-order valence-electron chi connectivity index (χ0n) is 18.3. The Labute approximate surface area is 191 Å². The second-order valence-corrected chi connectivity index (χ2v) is 9.94. The lowest BCUT2D eigenvalue weighted by Crippen LogP contribution is -2.54. The van der Waals surface area contributed by atoms with E-state index in [0.717, 1.165) is 31.5 Å². The fourth-order valence-corrected chi connectivity index (χ4v) is 5.68. The van der Waals surface area contributed by atoms with E-state index in [4.69, 9.17) is 16.3 Å². The van der Waals surface area contributed by atoms with Crippen LogP contribution in [0.4, 0.5) is 0 Å². The van der Waals surface area contributed by atoms with Crippen molar-refractivity contribution in [1.29, 1.82) is 0 Å². The maximum atomic E-state index is 10.7. The number of ether oxygens (including phenoxy) is 1. The van der Waals surface area contributed by atoms with E-state index in [0.29, 0.717) is 17.7 Å². The maximum absolute atomic E-state index is 10.7. The first-order valence-electron chi connectivity index (χ1n) is 10.6. The third-order valence-electron chi connectivity index (χ3n) is 7.70. The number of hydrogen-bond acceptors (Lipinski definition) is 3. The monoisotopic (exact) mass is 449 g/mol. The summed E-state index contributed by atoms with van der Waals surface area (Å²) in [7, 11) is 0. The van der Waals surface area contributed by atoms with Crippen LogP contribution in [-0.2, 0) is 23.2 Å². The van der Waals surface area contributed by atoms with Crippen molar-refractivity contribution in [2.24, 2.45) is 5.41 Å². The Balaban J connectivity index is 0.00000256. The second-order valence-electron chi connectivity index (χ2n) is 9.54. The van der Waals surface area contributed by atoms with Gasteiger partial charge in [-0.05, 0) is 54.3 Å². The number of phenols is 1. The van der Waals surface area contributed by atoms with Crippen LogP contribution in [0.5, 0.6) is 5.75 Å². The van der Waals surface area contributed by atoms with Gasteiger partial charge in [0.1, 0.15) is 5.75 Å². The van der Waals surface area contributed by atoms with E-state index in [1.54, 1.807) is 0 Å². The van der Waals surface area contributed by atoms with Crippen LogP contribution >= 0.6 is 24.0 Å². The van der Waals surface area contributed by atoms with Gasteiger partial charge in [-0.2, -0.15) is 0 Å². The number of halogens is 2. The SMILES string of the molecule is C[C@@H](CN1CC[C@]2(C)[C@@H]1Cc1c(ccc(Cl)c1O)C2(C)C)OCc1ccccc1.Cl. The van der Waals surface area contributed by atoms with Gasteiger partial charge < -0.3 is 9.84 Å². The molecule has 1 aliphatic carbocycles. The normalized spacial score (nSPS) is 25.8. The van der Waals surface area contributed by atoms with Crippen molar-refractivity contribution in [1.82, 2.24) is 4.90 Å². The van der Waals surface area contributed by atoms with Crippen LogP contribution in [0.2, 0.25) is 5.02 Å². The molecule has 1 fully saturated rings. The third-order valence-corrected chi connectivity index (χ3v) is 8.00. The molecule has 3 atom stereocenters. The van der Waals surface area contributed by atoms with Gasteiger partial charge in [-0.1, -0.05) is 68.8 Å². The molecule has 30 heavy (non-hydrogen) atoms. The Morgan fingerprint density at radius 1 is 1.17 bits per heavy atom. The summed E-state index contributed by atoms with van der Waals surface area (Å²) >= 11 is 6.25. The van der Waals surface area contributed by atoms with Gasteiger partial charge >= 0.3 is 0 Å². The zero-order valence-corrected chi connectivity index (χ0v) is 19.9. The van der Waals surface area contributed by atoms with E-state index in [-0.39, 0.29) is 35.1 Å². The van der Waals surface area contributed by atoms with Crippen LogP contribution in [0.25, 0.3) is 0 Å². The molecular weight excluding hydrogens is 417 g/mol. The highest BCUT2D eigenvalue weighted by molar-refractivity contribution is 6.32. The van der Waals surface area contributed by atoms with Gasteiger partial charge in [-0.25, -0.2) is 0 Å². The van der Waals surface area contributed by atoms with Crippen molar-refractivity contribution in [3.8, 4) is 5.75 Å². The topological polar surface area (TPSA) is 32.7 Å². The minimum Gasteiger partial charge on any atom is -0.506 e. The average Bonchev–Trinajstić information content (AvgIpc) is 3.02. The first-order chi connectivity index (χ1) is 13.7. The number of nitrogens with zero attached hydrogens (tertiary/aromatic N) is 1. The van der Waals surface area contributed by atoms with Crippen molar-refractivity contribution in [2.45, 2.75) is 64.7 Å². The van der Waals surface area contributed by atoms with Gasteiger partial charge in [0.05, 0.1) is 17.7 Å². The lowest BCUT2D eigenvalue weighted by molar-refractivity contribution is 0.00734. The molecule has 0 spiro atoms. The molecule has 1 heterocycles. The van der Waals surface area contributed by atoms with Crippen molar-refractivity contribution >= 4 is 24.0 Å². The van der Waals surface area contributed by atoms with E-state index in [9.17, 15) is 5.11 Å². The van der Waals surface area contributed by atoms with Crippen LogP contribution in [-0.4, -0.2) is 35.2 Å². The van der Waals surface area contributed by atoms with Gasteiger partial charge in [0, 0.05) is 18.2 Å². The molecule has 1 aliphatic heterocycles. The molecule has 2 aromatic rings. The van der Waals surface area contributed by atoms with E-state index >= 15 is 0 Å². The fraction of sp³-hybridized carbons (Fsp3) is 0.520. The first kappa shape index (κ1) is 23.4. The molecular formula is C25H33Cl2NO2. The molecule has 0 aromatic heterocycles. The highest BCUT2D eigenvalue weighted by atomic mass is 35.5. The largest absolute Gasteiger partial charge is 0.506 e. The Kier molecular flexibility index (Phi) is 6.79. The van der Waals surface area contributed by atoms with Crippen molar-refractivity contribution in [3.63, 3.8) is 0 Å². The number of likely N-dealkylation sites (tertiary alicyclic amines) is 1. The predicted molar refractivity (Wildman–Crippen MR) is 126 cm³/mol. The maximum Gasteiger partial charge on any atom is 0.137 e. The smallest absolute Gasteiger partial charge is 0.137 e. The van der Waals surface area contributed by atoms with Gasteiger partial charge in [-0.15, -0.1) is 12.4 Å². The highest BCUT2D eigenvalue weighted by Crippen LogP contribution is 2.58. The summed E-state index contributed by atoms with van der Waals surface area (Å²) in [5, 5.41) is 11.1. The number of phenolic OH excluding ortho intramolecular Hbond substituents is 1. The molecule has 5 heteroatoms. The molecule has 1 saturated heterocycles. The van der Waals surface area contributed by atoms with Crippen LogP contribution < -0.4 is 0 Å². The number of fused-ring (bicyclic) bond motifs is 2. The van der Waals surface area contributed by atoms with Crippen molar-refractivity contribution in [2.75, 3.05) is 13.1 Å². The minimum absolute atomic E-state index is 0. The summed E-state index contributed by atoms with van der Waals surface area (Å²) in [6.45, 7) is 11.8. The van der Waals surface area contributed by atoms with Gasteiger partial charge in [0.25, 0.3) is 0 Å². The second kappa shape index (κ2) is 8.70. The van der Waals surface area contributed by atoms with E-state index < -0.39 is 0 Å². The highest BCUT2D eigenvalue weighted by Gasteiger charge is 2.57. The molecule has 0 saturated carbocycles. The minimum atomic E-state index is -0.0315. The quantitative estimate of drug-likeness (QED) is 0.608. The summed E-state index contributed by atoms with van der Waals surface area (Å²) in [5.41, 5.74) is 3.59. The summed E-state index contributed by atoms with van der Waals surface area (Å²) in [5.74, 6) is 0.263. The number of aromatic hydroxyl groups is 1. The molecule has 2 aliphatic rings. The lowest BCUT2D eigenvalue weighted by Gasteiger charge is -2.52. The summed E-state index contributed by atoms with van der Waals surface area (Å²) < 4.78 is 6.15. The Bertz CT molecular complexity index is 886. The Morgan fingerprint density at radius 2 is 1.87 bits per heavy atom. The standard InChI is InChI=1S/C25H32ClNO2.ClH/c1-17(29-16-18-8-6-5-7-9-18)15-27-13-12-25(4)22(27)14-19-20(24(25,2)3)10-11-21(26)23(19)28;/h5-11,17,22,28H,12-16H2,1-4H3;1H/t17-,22-,25+;/m0./s1. The first-order valence-corrected chi connectivity index (χ1v) is 11.0. The van der Waals surface area contributed by atoms with Crippen LogP contribution in [0.3, 0.4) is 0 Å². The van der Waals surface area contributed by atoms with E-state index in [2.05, 4.69) is 62.9 Å². The van der Waals surface area contributed by atoms with Gasteiger partial charge in [-0.3, -0.25) is 4.90 Å². The number of hydrogen-bond donors (Lipinski definition) is 1. The Hall–Kier alpha value is -1.26. The molecule has 1 N–H and O–H groups in total. The predicted octanol–water partition coefficient (Wildman–Crippen LogP) is 5.99. The molecule has 3 nitrogen and oxygen atoms in total. The van der Waals surface area contributed by atoms with Crippen molar-refractivity contribution in [3.05, 3.63) is 64.2 Å². The van der Waals surface area contributed by atoms with Crippen LogP contribution in [0.1, 0.15) is 50.8 Å². The van der Waals surface area contributed by atoms with Crippen molar-refractivity contribution < 1.29 is 9.84 Å². The summed E-state index contributed by atoms with van der Waals surface area (Å²) in [6, 6.07) is 14.7. The van der Waals surface area contributed by atoms with E-state index in [1.165, 1.54) is 11.1 Å². The lowest BCUT2D eigenvalue weighted by atomic mass is 9.54. The zero-order chi connectivity index (χ0) is 20.8. The molecule has 2 aromatic carbocycles. The third kappa shape index (κ3) is 3.86.